The molecule has 0 amide bonds. The molecule has 2 aromatic rings. The van der Waals surface area contributed by atoms with Crippen molar-refractivity contribution >= 4 is 11.8 Å². The van der Waals surface area contributed by atoms with Crippen LogP contribution < -0.4 is 4.90 Å². The summed E-state index contributed by atoms with van der Waals surface area (Å²) in [7, 11) is 2.01. The third-order valence-electron chi connectivity index (χ3n) is 4.64. The predicted molar refractivity (Wildman–Crippen MR) is 94.1 cm³/mol. The first-order chi connectivity index (χ1) is 11.6. The summed E-state index contributed by atoms with van der Waals surface area (Å²) < 4.78 is 0. The SMILES string of the molecule is CCN(C)c1ccc(CN2Cc3ccccc3C(C(=O)O)C2)cn1. The Bertz CT molecular complexity index is 715. The summed E-state index contributed by atoms with van der Waals surface area (Å²) in [5.74, 6) is -0.271. The van der Waals surface area contributed by atoms with Crippen molar-refractivity contribution in [2.45, 2.75) is 25.9 Å². The summed E-state index contributed by atoms with van der Waals surface area (Å²) in [6, 6.07) is 11.9. The molecule has 0 radical (unpaired) electrons. The summed E-state index contributed by atoms with van der Waals surface area (Å²) in [4.78, 5) is 20.4. The molecule has 0 spiro atoms. The molecule has 5 heteroatoms. The Kier molecular flexibility index (Phi) is 4.81. The molecule has 1 N–H and O–H groups in total. The number of rotatable bonds is 5. The molecule has 1 unspecified atom stereocenters. The van der Waals surface area contributed by atoms with Crippen molar-refractivity contribution in [2.75, 3.05) is 25.0 Å². The van der Waals surface area contributed by atoms with Gasteiger partial charge in [0, 0.05) is 39.4 Å². The molecule has 24 heavy (non-hydrogen) atoms. The number of pyridine rings is 1. The van der Waals surface area contributed by atoms with E-state index in [2.05, 4.69) is 27.8 Å². The molecule has 1 aliphatic rings. The molecule has 0 saturated carbocycles. The molecule has 5 nitrogen and oxygen atoms in total. The molecule has 0 bridgehead atoms. The number of nitrogens with zero attached hydrogens (tertiary/aromatic N) is 3. The molecule has 2 heterocycles. The van der Waals surface area contributed by atoms with Crippen LogP contribution in [0.1, 0.15) is 29.5 Å². The van der Waals surface area contributed by atoms with Crippen LogP contribution in [-0.4, -0.2) is 41.1 Å². The number of aromatic nitrogens is 1. The lowest BCUT2D eigenvalue weighted by molar-refractivity contribution is -0.139. The molecule has 1 aromatic heterocycles. The number of carboxylic acid groups (broad SMARTS) is 1. The van der Waals surface area contributed by atoms with Crippen LogP contribution in [0.3, 0.4) is 0 Å². The Morgan fingerprint density at radius 1 is 1.33 bits per heavy atom. The maximum absolute atomic E-state index is 11.6. The van der Waals surface area contributed by atoms with Crippen LogP contribution in [0.15, 0.2) is 42.6 Å². The predicted octanol–water partition coefficient (Wildman–Crippen LogP) is 2.72. The van der Waals surface area contributed by atoms with Crippen molar-refractivity contribution in [3.8, 4) is 0 Å². The number of carboxylic acids is 1. The molecule has 1 aliphatic heterocycles. The van der Waals surface area contributed by atoms with Gasteiger partial charge in [-0.15, -0.1) is 0 Å². The maximum Gasteiger partial charge on any atom is 0.312 e. The number of fused-ring (bicyclic) bond motifs is 1. The minimum Gasteiger partial charge on any atom is -0.481 e. The number of benzene rings is 1. The van der Waals surface area contributed by atoms with E-state index in [0.29, 0.717) is 13.1 Å². The molecule has 0 saturated heterocycles. The molecule has 3 rings (SSSR count). The third kappa shape index (κ3) is 3.41. The van der Waals surface area contributed by atoms with Crippen LogP contribution >= 0.6 is 0 Å². The molecule has 126 valence electrons. The fourth-order valence-corrected chi connectivity index (χ4v) is 3.17. The van der Waals surface area contributed by atoms with E-state index in [1.165, 1.54) is 0 Å². The second kappa shape index (κ2) is 7.01. The average molecular weight is 325 g/mol. The minimum absolute atomic E-state index is 0.464. The van der Waals surface area contributed by atoms with Crippen LogP contribution in [0.25, 0.3) is 0 Å². The second-order valence-corrected chi connectivity index (χ2v) is 6.30. The molecule has 1 atom stereocenters. The number of hydrogen-bond donors (Lipinski definition) is 1. The molecular formula is C19H23N3O2. The van der Waals surface area contributed by atoms with E-state index in [4.69, 9.17) is 0 Å². The van der Waals surface area contributed by atoms with Gasteiger partial charge in [-0.2, -0.15) is 0 Å². The molecular weight excluding hydrogens is 302 g/mol. The first-order valence-corrected chi connectivity index (χ1v) is 8.27. The number of hydrogen-bond acceptors (Lipinski definition) is 4. The van der Waals surface area contributed by atoms with E-state index in [9.17, 15) is 9.90 Å². The maximum atomic E-state index is 11.6. The van der Waals surface area contributed by atoms with Crippen LogP contribution in [0.5, 0.6) is 0 Å². The Balaban J connectivity index is 1.75. The van der Waals surface area contributed by atoms with Crippen LogP contribution in [0.2, 0.25) is 0 Å². The monoisotopic (exact) mass is 325 g/mol. The van der Waals surface area contributed by atoms with Gasteiger partial charge in [-0.3, -0.25) is 9.69 Å². The van der Waals surface area contributed by atoms with E-state index in [0.717, 1.165) is 35.6 Å². The normalized spacial score (nSPS) is 17.3. The highest BCUT2D eigenvalue weighted by atomic mass is 16.4. The van der Waals surface area contributed by atoms with Crippen molar-refractivity contribution in [3.63, 3.8) is 0 Å². The van der Waals surface area contributed by atoms with Gasteiger partial charge in [0.15, 0.2) is 0 Å². The van der Waals surface area contributed by atoms with E-state index >= 15 is 0 Å². The zero-order valence-corrected chi connectivity index (χ0v) is 14.1. The van der Waals surface area contributed by atoms with Crippen molar-refractivity contribution in [2.24, 2.45) is 0 Å². The lowest BCUT2D eigenvalue weighted by Gasteiger charge is -2.32. The first-order valence-electron chi connectivity index (χ1n) is 8.27. The van der Waals surface area contributed by atoms with E-state index in [-0.39, 0.29) is 0 Å². The Labute approximate surface area is 142 Å². The second-order valence-electron chi connectivity index (χ2n) is 6.30. The largest absolute Gasteiger partial charge is 0.481 e. The zero-order valence-electron chi connectivity index (χ0n) is 14.1. The lowest BCUT2D eigenvalue weighted by atomic mass is 9.89. The smallest absolute Gasteiger partial charge is 0.312 e. The topological polar surface area (TPSA) is 56.7 Å². The summed E-state index contributed by atoms with van der Waals surface area (Å²) in [6.07, 6.45) is 1.89. The van der Waals surface area contributed by atoms with Gasteiger partial charge in [-0.25, -0.2) is 4.98 Å². The zero-order chi connectivity index (χ0) is 17.1. The van der Waals surface area contributed by atoms with Gasteiger partial charge in [0.1, 0.15) is 5.82 Å². The highest BCUT2D eigenvalue weighted by Gasteiger charge is 2.30. The van der Waals surface area contributed by atoms with Gasteiger partial charge in [0.05, 0.1) is 5.92 Å². The van der Waals surface area contributed by atoms with Gasteiger partial charge in [-0.05, 0) is 29.7 Å². The number of aliphatic carboxylic acids is 1. The van der Waals surface area contributed by atoms with Crippen molar-refractivity contribution in [1.82, 2.24) is 9.88 Å². The quantitative estimate of drug-likeness (QED) is 0.916. The van der Waals surface area contributed by atoms with Crippen LogP contribution in [0, 0.1) is 0 Å². The minimum atomic E-state index is -0.759. The van der Waals surface area contributed by atoms with Crippen molar-refractivity contribution < 1.29 is 9.90 Å². The van der Waals surface area contributed by atoms with E-state index in [1.54, 1.807) is 0 Å². The Hall–Kier alpha value is -2.40. The van der Waals surface area contributed by atoms with E-state index < -0.39 is 11.9 Å². The van der Waals surface area contributed by atoms with Gasteiger partial charge in [-0.1, -0.05) is 30.3 Å². The standard InChI is InChI=1S/C19H23N3O2/c1-3-21(2)18-9-8-14(10-20-18)11-22-12-15-6-4-5-7-16(15)17(13-22)19(23)24/h4-10,17H,3,11-13H2,1-2H3,(H,23,24). The Morgan fingerprint density at radius 3 is 2.79 bits per heavy atom. The highest BCUT2D eigenvalue weighted by molar-refractivity contribution is 5.77. The summed E-state index contributed by atoms with van der Waals surface area (Å²) >= 11 is 0. The molecule has 0 aliphatic carbocycles. The number of carbonyl (C=O) groups is 1. The molecule has 0 fully saturated rings. The summed E-state index contributed by atoms with van der Waals surface area (Å²) in [6.45, 7) is 5.02. The summed E-state index contributed by atoms with van der Waals surface area (Å²) in [5, 5.41) is 9.55. The van der Waals surface area contributed by atoms with Gasteiger partial charge in [0.25, 0.3) is 0 Å². The van der Waals surface area contributed by atoms with Crippen molar-refractivity contribution in [3.05, 3.63) is 59.3 Å². The first kappa shape index (κ1) is 16.5. The third-order valence-corrected chi connectivity index (χ3v) is 4.64. The average Bonchev–Trinajstić information content (AvgIpc) is 2.61. The van der Waals surface area contributed by atoms with E-state index in [1.807, 2.05) is 43.6 Å². The summed E-state index contributed by atoms with van der Waals surface area (Å²) in [5.41, 5.74) is 3.15. The van der Waals surface area contributed by atoms with Crippen LogP contribution in [0.4, 0.5) is 5.82 Å². The lowest BCUT2D eigenvalue weighted by Crippen LogP contribution is -2.36. The van der Waals surface area contributed by atoms with Crippen LogP contribution in [-0.2, 0) is 17.9 Å². The Morgan fingerprint density at radius 2 is 2.12 bits per heavy atom. The van der Waals surface area contributed by atoms with Gasteiger partial charge >= 0.3 is 5.97 Å². The van der Waals surface area contributed by atoms with Crippen molar-refractivity contribution in [1.29, 1.82) is 0 Å². The molecule has 1 aromatic carbocycles. The van der Waals surface area contributed by atoms with Gasteiger partial charge in [0.2, 0.25) is 0 Å². The van der Waals surface area contributed by atoms with Gasteiger partial charge < -0.3 is 10.0 Å². The fourth-order valence-electron chi connectivity index (χ4n) is 3.17. The number of anilines is 1. The fraction of sp³-hybridized carbons (Fsp3) is 0.368. The highest BCUT2D eigenvalue weighted by Crippen LogP contribution is 2.29.